The first-order valence-electron chi connectivity index (χ1n) is 15.5. The molecule has 0 atom stereocenters. The van der Waals surface area contributed by atoms with E-state index in [0.29, 0.717) is 19.1 Å². The zero-order chi connectivity index (χ0) is 29.0. The average Bonchev–Trinajstić information content (AvgIpc) is 3.83. The molecule has 222 valence electrons. The monoisotopic (exact) mass is 586 g/mol. The molecule has 2 aliphatic rings. The van der Waals surface area contributed by atoms with Gasteiger partial charge in [0.2, 0.25) is 5.95 Å². The first-order valence-corrected chi connectivity index (χ1v) is 17.8. The molecule has 0 radical (unpaired) electrons. The van der Waals surface area contributed by atoms with E-state index in [-0.39, 0.29) is 0 Å². The fraction of sp³-hybridized carbons (Fsp3) is 0.400. The summed E-state index contributed by atoms with van der Waals surface area (Å²) in [5, 5.41) is 4.89. The minimum absolute atomic E-state index is 0.457. The minimum Gasteiger partial charge on any atom is -0.314 e. The molecule has 2 aromatic heterocycles. The molecule has 0 saturated heterocycles. The second-order valence-electron chi connectivity index (χ2n) is 12.2. The van der Waals surface area contributed by atoms with Crippen LogP contribution in [0.4, 0.5) is 4.39 Å². The van der Waals surface area contributed by atoms with Crippen LogP contribution in [0.1, 0.15) is 62.5 Å². The van der Waals surface area contributed by atoms with Crippen molar-refractivity contribution in [2.24, 2.45) is 0 Å². The lowest BCUT2D eigenvalue weighted by molar-refractivity contribution is 0.250. The van der Waals surface area contributed by atoms with Crippen LogP contribution in [0.25, 0.3) is 10.9 Å². The highest BCUT2D eigenvalue weighted by Gasteiger charge is 2.44. The van der Waals surface area contributed by atoms with Crippen molar-refractivity contribution in [3.8, 4) is 0 Å². The van der Waals surface area contributed by atoms with Crippen LogP contribution in [-0.4, -0.2) is 43.5 Å². The Labute approximate surface area is 249 Å². The third-order valence-corrected chi connectivity index (χ3v) is 13.2. The molecule has 1 saturated carbocycles. The van der Waals surface area contributed by atoms with Crippen molar-refractivity contribution >= 4 is 20.2 Å². The summed E-state index contributed by atoms with van der Waals surface area (Å²) in [4.78, 5) is 8.19. The van der Waals surface area contributed by atoms with Crippen molar-refractivity contribution in [1.29, 1.82) is 0 Å². The number of benzene rings is 2. The number of allylic oxidation sites excluding steroid dienone is 2. The smallest absolute Gasteiger partial charge is 0.212 e. The highest BCUT2D eigenvalue weighted by molar-refractivity contribution is 8.21. The molecule has 0 unspecified atom stereocenters. The van der Waals surface area contributed by atoms with Crippen molar-refractivity contribution < 1.29 is 8.60 Å². The molecule has 5 nitrogen and oxygen atoms in total. The van der Waals surface area contributed by atoms with Gasteiger partial charge >= 0.3 is 0 Å². The predicted octanol–water partition coefficient (Wildman–Crippen LogP) is 7.44. The number of nitrogens with zero attached hydrogens (tertiary/aromatic N) is 3. The standard InChI is InChI=1S/C35H43FN4OS/c1-42(41,32-19-20-32,31-14-6-3-7-15-31)40-27-29(33-16-8-9-17-34(33)40)26-39(25-28-18-21-35(36)38-24-28)23-11-10-22-37-30-12-4-2-5-13-30/h3,6-9,14-19,21,24,27,30,37H,2,4-5,10-13,20,22-23,25-26H2,1H3. The molecule has 0 amide bonds. The maximum Gasteiger partial charge on any atom is 0.212 e. The zero-order valence-electron chi connectivity index (χ0n) is 24.7. The summed E-state index contributed by atoms with van der Waals surface area (Å²) < 4.78 is 31.0. The quantitative estimate of drug-likeness (QED) is 0.131. The van der Waals surface area contributed by atoms with E-state index in [4.69, 9.17) is 0 Å². The van der Waals surface area contributed by atoms with Crippen molar-refractivity contribution in [3.63, 3.8) is 0 Å². The van der Waals surface area contributed by atoms with E-state index < -0.39 is 15.2 Å². The summed E-state index contributed by atoms with van der Waals surface area (Å²) in [7, 11) is -3.53. The molecule has 0 bridgehead atoms. The molecular weight excluding hydrogens is 543 g/mol. The third-order valence-electron chi connectivity index (χ3n) is 9.05. The Morgan fingerprint density at radius 1 is 0.976 bits per heavy atom. The van der Waals surface area contributed by atoms with E-state index >= 15 is 4.21 Å². The van der Waals surface area contributed by atoms with Crippen LogP contribution in [-0.2, 0) is 22.3 Å². The Morgan fingerprint density at radius 3 is 2.48 bits per heavy atom. The van der Waals surface area contributed by atoms with Crippen LogP contribution >= 0.6 is 0 Å². The molecule has 1 N–H and O–H groups in total. The largest absolute Gasteiger partial charge is 0.314 e. The molecule has 42 heavy (non-hydrogen) atoms. The van der Waals surface area contributed by atoms with Gasteiger partial charge in [-0.2, -0.15) is 4.39 Å². The Kier molecular flexibility index (Phi) is 8.44. The lowest BCUT2D eigenvalue weighted by Crippen LogP contribution is -2.38. The minimum atomic E-state index is -3.53. The number of para-hydroxylation sites is 1. The van der Waals surface area contributed by atoms with Crippen LogP contribution in [0, 0.1) is 5.95 Å². The zero-order valence-corrected chi connectivity index (χ0v) is 25.5. The topological polar surface area (TPSA) is 50.2 Å². The van der Waals surface area contributed by atoms with Crippen molar-refractivity contribution in [2.45, 2.75) is 75.4 Å². The average molecular weight is 587 g/mol. The molecular formula is C35H43FN4OS. The lowest BCUT2D eigenvalue weighted by Gasteiger charge is -2.40. The highest BCUT2D eigenvalue weighted by atomic mass is 32.3. The van der Waals surface area contributed by atoms with Gasteiger partial charge in [0.25, 0.3) is 0 Å². The number of fused-ring (bicyclic) bond motifs is 1. The number of rotatable bonds is 13. The number of hydrogen-bond donors (Lipinski definition) is 1. The summed E-state index contributed by atoms with van der Waals surface area (Å²) in [5.74, 6) is -0.457. The molecule has 7 heteroatoms. The van der Waals surface area contributed by atoms with Gasteiger partial charge in [-0.1, -0.05) is 67.8 Å². The number of nitrogens with one attached hydrogen (secondary N) is 1. The van der Waals surface area contributed by atoms with Gasteiger partial charge in [-0.15, -0.1) is 0 Å². The van der Waals surface area contributed by atoms with Gasteiger partial charge in [0.15, 0.2) is 0 Å². The van der Waals surface area contributed by atoms with E-state index in [2.05, 4.69) is 49.6 Å². The van der Waals surface area contributed by atoms with Crippen molar-refractivity contribution in [2.75, 3.05) is 19.3 Å². The molecule has 2 aromatic carbocycles. The van der Waals surface area contributed by atoms with E-state index in [1.54, 1.807) is 6.20 Å². The molecule has 1 fully saturated rings. The Bertz CT molecular complexity index is 1610. The molecule has 0 aliphatic heterocycles. The van der Waals surface area contributed by atoms with E-state index in [1.807, 2.05) is 48.7 Å². The van der Waals surface area contributed by atoms with Crippen LogP contribution in [0.5, 0.6) is 0 Å². The van der Waals surface area contributed by atoms with Gasteiger partial charge in [-0.05, 0) is 80.6 Å². The van der Waals surface area contributed by atoms with Crippen molar-refractivity contribution in [1.82, 2.24) is 19.2 Å². The van der Waals surface area contributed by atoms with Gasteiger partial charge in [-0.25, -0.2) is 4.98 Å². The number of halogens is 1. The Balaban J connectivity index is 1.27. The fourth-order valence-corrected chi connectivity index (χ4v) is 10.0. The van der Waals surface area contributed by atoms with E-state index in [9.17, 15) is 4.39 Å². The molecule has 6 rings (SSSR count). The molecule has 0 spiro atoms. The predicted molar refractivity (Wildman–Crippen MR) is 171 cm³/mol. The van der Waals surface area contributed by atoms with E-state index in [0.717, 1.165) is 64.2 Å². The van der Waals surface area contributed by atoms with Crippen molar-refractivity contribution in [3.05, 3.63) is 107 Å². The fourth-order valence-electron chi connectivity index (χ4n) is 6.56. The summed E-state index contributed by atoms with van der Waals surface area (Å²) in [6.45, 7) is 3.34. The molecule has 2 aliphatic carbocycles. The Hall–Kier alpha value is -3.13. The highest BCUT2D eigenvalue weighted by Crippen LogP contribution is 2.51. The van der Waals surface area contributed by atoms with Gasteiger partial charge in [0.1, 0.15) is 0 Å². The van der Waals surface area contributed by atoms with Gasteiger partial charge < -0.3 is 5.32 Å². The van der Waals surface area contributed by atoms with Crippen LogP contribution in [0.15, 0.2) is 95.0 Å². The SMILES string of the molecule is CS(=O)(C1=CC1)(c1ccccc1)n1cc(CN(CCCCNC2CCCCC2)Cc2ccc(F)nc2)c2ccccc21. The third kappa shape index (κ3) is 6.01. The first-order chi connectivity index (χ1) is 20.4. The normalized spacial score (nSPS) is 16.8. The Morgan fingerprint density at radius 2 is 1.74 bits per heavy atom. The number of hydrogen-bond acceptors (Lipinski definition) is 4. The first kappa shape index (κ1) is 29.0. The molecule has 4 aromatic rings. The number of aromatic nitrogens is 2. The van der Waals surface area contributed by atoms with Crippen LogP contribution in [0.3, 0.4) is 0 Å². The van der Waals surface area contributed by atoms with Gasteiger partial charge in [0, 0.05) is 62.2 Å². The second-order valence-corrected chi connectivity index (χ2v) is 16.1. The summed E-state index contributed by atoms with van der Waals surface area (Å²) >= 11 is 0. The lowest BCUT2D eigenvalue weighted by atomic mass is 9.95. The second kappa shape index (κ2) is 12.2. The van der Waals surface area contributed by atoms with Gasteiger partial charge in [0.05, 0.1) is 5.52 Å². The van der Waals surface area contributed by atoms with Gasteiger partial charge in [-0.3, -0.25) is 13.1 Å². The number of unbranched alkanes of at least 4 members (excludes halogenated alkanes) is 1. The summed E-state index contributed by atoms with van der Waals surface area (Å²) in [6, 6.07) is 22.2. The maximum atomic E-state index is 15.4. The van der Waals surface area contributed by atoms with Crippen LogP contribution < -0.4 is 5.32 Å². The van der Waals surface area contributed by atoms with Crippen LogP contribution in [0.2, 0.25) is 0 Å². The maximum absolute atomic E-state index is 15.4. The summed E-state index contributed by atoms with van der Waals surface area (Å²) in [5.41, 5.74) is 3.13. The molecule has 2 heterocycles. The summed E-state index contributed by atoms with van der Waals surface area (Å²) in [6.07, 6.45) is 17.4. The number of pyridine rings is 1. The van der Waals surface area contributed by atoms with E-state index in [1.165, 1.54) is 38.2 Å².